The molecule has 1 saturated heterocycles. The van der Waals surface area contributed by atoms with Crippen molar-refractivity contribution in [2.24, 2.45) is 5.73 Å². The van der Waals surface area contributed by atoms with Crippen LogP contribution in [0.4, 0.5) is 0 Å². The van der Waals surface area contributed by atoms with Gasteiger partial charge >= 0.3 is 0 Å². The second kappa shape index (κ2) is 9.42. The Hall–Kier alpha value is -1.53. The molecule has 0 saturated carbocycles. The van der Waals surface area contributed by atoms with Crippen LogP contribution in [0.1, 0.15) is 47.7 Å². The van der Waals surface area contributed by atoms with E-state index in [1.54, 1.807) is 0 Å². The first-order valence-electron chi connectivity index (χ1n) is 9.43. The topological polar surface area (TPSA) is 66.6 Å². The zero-order chi connectivity index (χ0) is 19.3. The number of benzene rings is 1. The van der Waals surface area contributed by atoms with E-state index in [4.69, 9.17) is 5.73 Å². The Kier molecular flexibility index (Phi) is 7.53. The standard InChI is InChI=1S/C20H31N3O2S/c1-4-5-8-16-12-22(10-11-23(16)20(25)18(21)13-26)19(24)17-9-6-7-14(2)15(17)3/h6-7,9,16,18,26H,4-5,8,10-13,21H2,1-3H3/t16-,18-/m0/s1. The fourth-order valence-corrected chi connectivity index (χ4v) is 3.62. The van der Waals surface area contributed by atoms with Gasteiger partial charge in [0, 0.05) is 37.0 Å². The van der Waals surface area contributed by atoms with Gasteiger partial charge in [0.25, 0.3) is 5.91 Å². The predicted octanol–water partition coefficient (Wildman–Crippen LogP) is 2.40. The quantitative estimate of drug-likeness (QED) is 0.748. The first-order valence-corrected chi connectivity index (χ1v) is 10.1. The van der Waals surface area contributed by atoms with Gasteiger partial charge in [-0.05, 0) is 37.5 Å². The van der Waals surface area contributed by atoms with Crippen molar-refractivity contribution >= 4 is 24.4 Å². The fraction of sp³-hybridized carbons (Fsp3) is 0.600. The molecule has 0 bridgehead atoms. The van der Waals surface area contributed by atoms with Crippen molar-refractivity contribution < 1.29 is 9.59 Å². The van der Waals surface area contributed by atoms with Gasteiger partial charge in [0.15, 0.2) is 0 Å². The van der Waals surface area contributed by atoms with Crippen LogP contribution >= 0.6 is 12.6 Å². The maximum absolute atomic E-state index is 13.0. The van der Waals surface area contributed by atoms with Gasteiger partial charge in [-0.15, -0.1) is 0 Å². The summed E-state index contributed by atoms with van der Waals surface area (Å²) < 4.78 is 0. The van der Waals surface area contributed by atoms with E-state index in [1.165, 1.54) is 0 Å². The first kappa shape index (κ1) is 20.8. The number of nitrogens with two attached hydrogens (primary N) is 1. The second-order valence-corrected chi connectivity index (χ2v) is 7.48. The lowest BCUT2D eigenvalue weighted by atomic mass is 10.00. The van der Waals surface area contributed by atoms with E-state index in [0.29, 0.717) is 25.4 Å². The van der Waals surface area contributed by atoms with Crippen LogP contribution in [0.2, 0.25) is 0 Å². The van der Waals surface area contributed by atoms with E-state index < -0.39 is 6.04 Å². The average Bonchev–Trinajstić information content (AvgIpc) is 2.66. The van der Waals surface area contributed by atoms with Crippen LogP contribution in [-0.2, 0) is 4.79 Å². The number of carbonyl (C=O) groups excluding carboxylic acids is 2. The van der Waals surface area contributed by atoms with E-state index in [0.717, 1.165) is 36.0 Å². The zero-order valence-electron chi connectivity index (χ0n) is 16.1. The molecule has 0 aliphatic carbocycles. The molecular formula is C20H31N3O2S. The first-order chi connectivity index (χ1) is 12.4. The number of aryl methyl sites for hydroxylation is 1. The van der Waals surface area contributed by atoms with Crippen molar-refractivity contribution in [1.29, 1.82) is 0 Å². The van der Waals surface area contributed by atoms with Gasteiger partial charge in [0.05, 0.1) is 6.04 Å². The molecule has 144 valence electrons. The lowest BCUT2D eigenvalue weighted by Crippen LogP contribution is -2.59. The molecule has 1 aliphatic heterocycles. The SMILES string of the molecule is CCCC[C@H]1CN(C(=O)c2cccc(C)c2C)CCN1C(=O)[C@@H](N)CS. The molecule has 2 amide bonds. The molecule has 2 rings (SSSR count). The molecule has 5 nitrogen and oxygen atoms in total. The van der Waals surface area contributed by atoms with Crippen LogP contribution in [0.25, 0.3) is 0 Å². The summed E-state index contributed by atoms with van der Waals surface area (Å²) in [5, 5.41) is 0. The Balaban J connectivity index is 2.17. The highest BCUT2D eigenvalue weighted by atomic mass is 32.1. The second-order valence-electron chi connectivity index (χ2n) is 7.12. The Morgan fingerprint density at radius 3 is 2.69 bits per heavy atom. The number of thiol groups is 1. The molecule has 0 unspecified atom stereocenters. The van der Waals surface area contributed by atoms with Gasteiger partial charge < -0.3 is 15.5 Å². The van der Waals surface area contributed by atoms with Crippen molar-refractivity contribution in [3.05, 3.63) is 34.9 Å². The summed E-state index contributed by atoms with van der Waals surface area (Å²) in [5.41, 5.74) is 8.81. The Labute approximate surface area is 162 Å². The van der Waals surface area contributed by atoms with Crippen LogP contribution in [0.5, 0.6) is 0 Å². The average molecular weight is 378 g/mol. The number of hydrogen-bond acceptors (Lipinski definition) is 4. The number of unbranched alkanes of at least 4 members (excludes halogenated alkanes) is 1. The number of carbonyl (C=O) groups is 2. The minimum Gasteiger partial charge on any atom is -0.335 e. The van der Waals surface area contributed by atoms with E-state index >= 15 is 0 Å². The summed E-state index contributed by atoms with van der Waals surface area (Å²) in [6.07, 6.45) is 2.97. The van der Waals surface area contributed by atoms with Crippen LogP contribution < -0.4 is 5.73 Å². The van der Waals surface area contributed by atoms with Crippen LogP contribution in [0, 0.1) is 13.8 Å². The molecule has 1 aromatic rings. The lowest BCUT2D eigenvalue weighted by Gasteiger charge is -2.42. The minimum absolute atomic E-state index is 0.0243. The van der Waals surface area contributed by atoms with E-state index in [9.17, 15) is 9.59 Å². The molecule has 1 fully saturated rings. The summed E-state index contributed by atoms with van der Waals surface area (Å²) in [6, 6.07) is 5.28. The van der Waals surface area contributed by atoms with Gasteiger partial charge in [-0.3, -0.25) is 9.59 Å². The van der Waals surface area contributed by atoms with E-state index in [-0.39, 0.29) is 17.9 Å². The van der Waals surface area contributed by atoms with Gasteiger partial charge in [0.2, 0.25) is 5.91 Å². The molecule has 1 heterocycles. The number of amides is 2. The van der Waals surface area contributed by atoms with Crippen LogP contribution in [-0.4, -0.2) is 59.1 Å². The fourth-order valence-electron chi connectivity index (χ4n) is 3.46. The predicted molar refractivity (Wildman–Crippen MR) is 109 cm³/mol. The molecule has 26 heavy (non-hydrogen) atoms. The normalized spacial score (nSPS) is 18.7. The monoisotopic (exact) mass is 377 g/mol. The Morgan fingerprint density at radius 1 is 1.31 bits per heavy atom. The van der Waals surface area contributed by atoms with Crippen molar-refractivity contribution in [1.82, 2.24) is 9.80 Å². The van der Waals surface area contributed by atoms with Crippen molar-refractivity contribution in [3.8, 4) is 0 Å². The molecule has 2 atom stereocenters. The number of rotatable bonds is 6. The third-order valence-corrected chi connectivity index (χ3v) is 5.69. The van der Waals surface area contributed by atoms with Crippen molar-refractivity contribution in [3.63, 3.8) is 0 Å². The number of piperazine rings is 1. The summed E-state index contributed by atoms with van der Waals surface area (Å²) in [4.78, 5) is 29.4. The molecule has 2 N–H and O–H groups in total. The highest BCUT2D eigenvalue weighted by Crippen LogP contribution is 2.21. The van der Waals surface area contributed by atoms with E-state index in [2.05, 4.69) is 19.6 Å². The molecule has 0 spiro atoms. The molecule has 1 aliphatic rings. The third-order valence-electron chi connectivity index (χ3n) is 5.29. The Morgan fingerprint density at radius 2 is 2.04 bits per heavy atom. The largest absolute Gasteiger partial charge is 0.335 e. The molecule has 0 aromatic heterocycles. The molecule has 0 radical (unpaired) electrons. The summed E-state index contributed by atoms with van der Waals surface area (Å²) >= 11 is 4.16. The lowest BCUT2D eigenvalue weighted by molar-refractivity contribution is -0.136. The Bertz CT molecular complexity index is 650. The molecule has 6 heteroatoms. The van der Waals surface area contributed by atoms with Gasteiger partial charge in [-0.1, -0.05) is 31.9 Å². The minimum atomic E-state index is -0.580. The maximum Gasteiger partial charge on any atom is 0.254 e. The van der Waals surface area contributed by atoms with Gasteiger partial charge in [-0.25, -0.2) is 0 Å². The highest BCUT2D eigenvalue weighted by Gasteiger charge is 2.34. The third kappa shape index (κ3) is 4.60. The van der Waals surface area contributed by atoms with Crippen LogP contribution in [0.3, 0.4) is 0 Å². The van der Waals surface area contributed by atoms with Crippen molar-refractivity contribution in [2.45, 2.75) is 52.1 Å². The summed E-state index contributed by atoms with van der Waals surface area (Å²) in [5.74, 6) is 0.333. The van der Waals surface area contributed by atoms with Crippen molar-refractivity contribution in [2.75, 3.05) is 25.4 Å². The molecular weight excluding hydrogens is 346 g/mol. The van der Waals surface area contributed by atoms with Gasteiger partial charge in [-0.2, -0.15) is 12.6 Å². The maximum atomic E-state index is 13.0. The van der Waals surface area contributed by atoms with Crippen LogP contribution in [0.15, 0.2) is 18.2 Å². The van der Waals surface area contributed by atoms with Gasteiger partial charge in [0.1, 0.15) is 0 Å². The zero-order valence-corrected chi connectivity index (χ0v) is 17.0. The summed E-state index contributed by atoms with van der Waals surface area (Å²) in [6.45, 7) is 7.78. The number of nitrogens with zero attached hydrogens (tertiary/aromatic N) is 2. The van der Waals surface area contributed by atoms with E-state index in [1.807, 2.05) is 41.8 Å². The highest BCUT2D eigenvalue weighted by molar-refractivity contribution is 7.80. The number of hydrogen-bond donors (Lipinski definition) is 2. The molecule has 1 aromatic carbocycles. The smallest absolute Gasteiger partial charge is 0.254 e. The summed E-state index contributed by atoms with van der Waals surface area (Å²) in [7, 11) is 0.